The van der Waals surface area contributed by atoms with E-state index in [1.54, 1.807) is 14.0 Å². The van der Waals surface area contributed by atoms with Crippen molar-refractivity contribution in [2.24, 2.45) is 0 Å². The summed E-state index contributed by atoms with van der Waals surface area (Å²) in [7, 11) is -2.30. The van der Waals surface area contributed by atoms with Crippen LogP contribution >= 0.6 is 0 Å². The van der Waals surface area contributed by atoms with Crippen LogP contribution in [0.3, 0.4) is 0 Å². The Balaban J connectivity index is 3.33. The van der Waals surface area contributed by atoms with Gasteiger partial charge in [-0.3, -0.25) is 10.1 Å². The number of nitro groups is 1. The Morgan fingerprint density at radius 3 is 2.53 bits per heavy atom. The van der Waals surface area contributed by atoms with Gasteiger partial charge in [0.1, 0.15) is 0 Å². The van der Waals surface area contributed by atoms with E-state index in [2.05, 4.69) is 10.0 Å². The van der Waals surface area contributed by atoms with Crippen molar-refractivity contribution in [3.05, 3.63) is 28.3 Å². The van der Waals surface area contributed by atoms with Crippen molar-refractivity contribution in [3.8, 4) is 0 Å². The zero-order valence-corrected chi connectivity index (χ0v) is 11.8. The molecular formula is C11H17N3O4S. The van der Waals surface area contributed by atoms with Crippen LogP contribution < -0.4 is 10.0 Å². The van der Waals surface area contributed by atoms with Gasteiger partial charge in [0.05, 0.1) is 4.92 Å². The van der Waals surface area contributed by atoms with E-state index in [-0.39, 0.29) is 10.9 Å². The van der Waals surface area contributed by atoms with Crippen LogP contribution in [0.4, 0.5) is 11.4 Å². The molecule has 0 aliphatic heterocycles. The van der Waals surface area contributed by atoms with Gasteiger partial charge in [0.15, 0.2) is 4.90 Å². The van der Waals surface area contributed by atoms with E-state index in [9.17, 15) is 18.5 Å². The van der Waals surface area contributed by atoms with Crippen LogP contribution in [0.25, 0.3) is 0 Å². The molecule has 106 valence electrons. The standard InChI is InChI=1S/C11H17N3O4S/c1-4-8(2)13-19(17,18)11-7-9(12-3)5-6-10(11)14(15)16/h5-8,12-13H,4H2,1-3H3. The molecule has 0 saturated carbocycles. The zero-order valence-electron chi connectivity index (χ0n) is 11.0. The van der Waals surface area contributed by atoms with Crippen LogP contribution in [0.15, 0.2) is 23.1 Å². The maximum Gasteiger partial charge on any atom is 0.289 e. The van der Waals surface area contributed by atoms with Crippen molar-refractivity contribution in [1.82, 2.24) is 4.72 Å². The predicted molar refractivity (Wildman–Crippen MR) is 72.7 cm³/mol. The van der Waals surface area contributed by atoms with Gasteiger partial charge in [-0.25, -0.2) is 13.1 Å². The van der Waals surface area contributed by atoms with Crippen LogP contribution in [0.5, 0.6) is 0 Å². The molecule has 0 fully saturated rings. The lowest BCUT2D eigenvalue weighted by atomic mass is 10.3. The highest BCUT2D eigenvalue weighted by atomic mass is 32.2. The van der Waals surface area contributed by atoms with Gasteiger partial charge in [0.25, 0.3) is 5.69 Å². The molecule has 7 nitrogen and oxygen atoms in total. The molecule has 0 saturated heterocycles. The third-order valence-electron chi connectivity index (χ3n) is 2.70. The van der Waals surface area contributed by atoms with E-state index in [4.69, 9.17) is 0 Å². The number of nitrogens with one attached hydrogen (secondary N) is 2. The Morgan fingerprint density at radius 1 is 1.42 bits per heavy atom. The van der Waals surface area contributed by atoms with Crippen LogP contribution in [0, 0.1) is 10.1 Å². The first-order chi connectivity index (χ1) is 8.81. The number of sulfonamides is 1. The highest BCUT2D eigenvalue weighted by Crippen LogP contribution is 2.27. The Kier molecular flexibility index (Phi) is 4.84. The second-order valence-electron chi connectivity index (χ2n) is 4.12. The molecule has 19 heavy (non-hydrogen) atoms. The van der Waals surface area contributed by atoms with Crippen LogP contribution in [0.1, 0.15) is 20.3 Å². The van der Waals surface area contributed by atoms with Crippen molar-refractivity contribution >= 4 is 21.4 Å². The molecule has 0 amide bonds. The molecule has 0 heterocycles. The van der Waals surface area contributed by atoms with Gasteiger partial charge >= 0.3 is 0 Å². The maximum absolute atomic E-state index is 12.2. The third-order valence-corrected chi connectivity index (χ3v) is 4.32. The van der Waals surface area contributed by atoms with Crippen molar-refractivity contribution in [1.29, 1.82) is 0 Å². The first-order valence-corrected chi connectivity index (χ1v) is 7.28. The van der Waals surface area contributed by atoms with Crippen molar-refractivity contribution in [2.45, 2.75) is 31.2 Å². The minimum atomic E-state index is -3.91. The zero-order chi connectivity index (χ0) is 14.6. The summed E-state index contributed by atoms with van der Waals surface area (Å²) < 4.78 is 26.7. The number of rotatable bonds is 6. The van der Waals surface area contributed by atoms with Gasteiger partial charge in [0.2, 0.25) is 10.0 Å². The van der Waals surface area contributed by atoms with Crippen LogP contribution in [-0.2, 0) is 10.0 Å². The van der Waals surface area contributed by atoms with Gasteiger partial charge in [-0.1, -0.05) is 6.92 Å². The van der Waals surface area contributed by atoms with E-state index < -0.39 is 20.6 Å². The van der Waals surface area contributed by atoms with Crippen molar-refractivity contribution in [3.63, 3.8) is 0 Å². The number of anilines is 1. The minimum absolute atomic E-state index is 0.289. The average Bonchev–Trinajstić information content (AvgIpc) is 2.37. The first kappa shape index (κ1) is 15.4. The van der Waals surface area contributed by atoms with Crippen LogP contribution in [0.2, 0.25) is 0 Å². The summed E-state index contributed by atoms with van der Waals surface area (Å²) in [6.45, 7) is 3.52. The summed E-state index contributed by atoms with van der Waals surface area (Å²) in [5, 5.41) is 13.7. The molecule has 0 aliphatic carbocycles. The number of hydrogen-bond donors (Lipinski definition) is 2. The summed E-state index contributed by atoms with van der Waals surface area (Å²) in [6.07, 6.45) is 0.596. The molecule has 1 aromatic carbocycles. The Morgan fingerprint density at radius 2 is 2.05 bits per heavy atom. The molecular weight excluding hydrogens is 270 g/mol. The van der Waals surface area contributed by atoms with E-state index in [1.165, 1.54) is 18.2 Å². The molecule has 8 heteroatoms. The van der Waals surface area contributed by atoms with Gasteiger partial charge in [-0.2, -0.15) is 0 Å². The Labute approximate surface area is 112 Å². The summed E-state index contributed by atoms with van der Waals surface area (Å²) in [5.41, 5.74) is 0.0601. The fourth-order valence-electron chi connectivity index (χ4n) is 1.45. The molecule has 1 atom stereocenters. The number of benzene rings is 1. The first-order valence-electron chi connectivity index (χ1n) is 5.80. The molecule has 0 radical (unpaired) electrons. The van der Waals surface area contributed by atoms with E-state index >= 15 is 0 Å². The second-order valence-corrected chi connectivity index (χ2v) is 5.80. The molecule has 2 N–H and O–H groups in total. The van der Waals surface area contributed by atoms with E-state index in [0.717, 1.165) is 0 Å². The average molecular weight is 287 g/mol. The quantitative estimate of drug-likeness (QED) is 0.612. The normalized spacial score (nSPS) is 13.0. The SMILES string of the molecule is CCC(C)NS(=O)(=O)c1cc(NC)ccc1[N+](=O)[O-]. The molecule has 0 spiro atoms. The minimum Gasteiger partial charge on any atom is -0.388 e. The number of nitro benzene ring substituents is 1. The van der Waals surface area contributed by atoms with E-state index in [1.807, 2.05) is 6.92 Å². The third kappa shape index (κ3) is 3.65. The highest BCUT2D eigenvalue weighted by molar-refractivity contribution is 7.89. The molecule has 0 aromatic heterocycles. The number of nitrogens with zero attached hydrogens (tertiary/aromatic N) is 1. The predicted octanol–water partition coefficient (Wildman–Crippen LogP) is 1.71. The lowest BCUT2D eigenvalue weighted by molar-refractivity contribution is -0.387. The maximum atomic E-state index is 12.2. The molecule has 0 aliphatic rings. The molecule has 1 rings (SSSR count). The van der Waals surface area contributed by atoms with Crippen LogP contribution in [-0.4, -0.2) is 26.4 Å². The van der Waals surface area contributed by atoms with Gasteiger partial charge in [-0.05, 0) is 25.5 Å². The summed E-state index contributed by atoms with van der Waals surface area (Å²) in [6, 6.07) is 3.60. The molecule has 1 aromatic rings. The molecule has 0 bridgehead atoms. The fourth-order valence-corrected chi connectivity index (χ4v) is 2.97. The van der Waals surface area contributed by atoms with Gasteiger partial charge < -0.3 is 5.32 Å². The fraction of sp³-hybridized carbons (Fsp3) is 0.455. The number of hydrogen-bond acceptors (Lipinski definition) is 5. The van der Waals surface area contributed by atoms with Crippen molar-refractivity contribution < 1.29 is 13.3 Å². The molecule has 1 unspecified atom stereocenters. The van der Waals surface area contributed by atoms with Gasteiger partial charge in [0, 0.05) is 24.8 Å². The highest BCUT2D eigenvalue weighted by Gasteiger charge is 2.27. The lowest BCUT2D eigenvalue weighted by Gasteiger charge is -2.13. The Hall–Kier alpha value is -1.67. The summed E-state index contributed by atoms with van der Waals surface area (Å²) in [4.78, 5) is 9.88. The second kappa shape index (κ2) is 5.98. The topological polar surface area (TPSA) is 101 Å². The van der Waals surface area contributed by atoms with E-state index in [0.29, 0.717) is 12.1 Å². The largest absolute Gasteiger partial charge is 0.388 e. The Bertz CT molecular complexity index is 571. The van der Waals surface area contributed by atoms with Gasteiger partial charge in [-0.15, -0.1) is 0 Å². The monoisotopic (exact) mass is 287 g/mol. The summed E-state index contributed by atoms with van der Waals surface area (Å²) >= 11 is 0. The summed E-state index contributed by atoms with van der Waals surface area (Å²) in [5.74, 6) is 0. The lowest BCUT2D eigenvalue weighted by Crippen LogP contribution is -2.32. The smallest absolute Gasteiger partial charge is 0.289 e. The van der Waals surface area contributed by atoms with Crippen molar-refractivity contribution in [2.75, 3.05) is 12.4 Å².